The number of rotatable bonds is 6. The van der Waals surface area contributed by atoms with Crippen molar-refractivity contribution in [1.82, 2.24) is 15.5 Å². The molecule has 0 bridgehead atoms. The van der Waals surface area contributed by atoms with Crippen molar-refractivity contribution in [2.24, 2.45) is 0 Å². The van der Waals surface area contributed by atoms with Crippen molar-refractivity contribution >= 4 is 11.6 Å². The van der Waals surface area contributed by atoms with Crippen molar-refractivity contribution in [2.75, 3.05) is 6.54 Å². The Labute approximate surface area is 123 Å². The maximum atomic E-state index is 9.52. The normalized spacial score (nSPS) is 12.6. The molecule has 5 nitrogen and oxygen atoms in total. The molecule has 1 aromatic carbocycles. The Morgan fingerprint density at radius 3 is 2.85 bits per heavy atom. The molecule has 2 rings (SSSR count). The molecule has 1 atom stereocenters. The highest BCUT2D eigenvalue weighted by Crippen LogP contribution is 2.31. The molecule has 2 N–H and O–H groups in total. The molecular formula is C14H18ClN3O2. The lowest BCUT2D eigenvalue weighted by Gasteiger charge is -2.11. The first-order chi connectivity index (χ1) is 9.65. The minimum absolute atomic E-state index is 0.0345. The number of hydrogen-bond acceptors (Lipinski definition) is 5. The first-order valence-corrected chi connectivity index (χ1v) is 7.09. The van der Waals surface area contributed by atoms with Crippen molar-refractivity contribution in [3.63, 3.8) is 0 Å². The average molecular weight is 296 g/mol. The van der Waals surface area contributed by atoms with Crippen LogP contribution in [0.3, 0.4) is 0 Å². The van der Waals surface area contributed by atoms with Gasteiger partial charge in [0.05, 0.1) is 16.6 Å². The number of aromatic hydroxyl groups is 1. The molecule has 0 saturated carbocycles. The summed E-state index contributed by atoms with van der Waals surface area (Å²) in [5.74, 6) is 0.966. The van der Waals surface area contributed by atoms with Crippen LogP contribution in [-0.2, 0) is 0 Å². The second-order valence-corrected chi connectivity index (χ2v) is 4.93. The maximum Gasteiger partial charge on any atom is 0.249 e. The fourth-order valence-electron chi connectivity index (χ4n) is 1.89. The van der Waals surface area contributed by atoms with Gasteiger partial charge in [-0.2, -0.15) is 0 Å². The summed E-state index contributed by atoms with van der Waals surface area (Å²) in [6.45, 7) is 5.05. The number of aromatic nitrogens is 2. The zero-order chi connectivity index (χ0) is 14.5. The number of phenols is 1. The molecule has 6 heteroatoms. The monoisotopic (exact) mass is 295 g/mol. The van der Waals surface area contributed by atoms with Crippen LogP contribution in [0.25, 0.3) is 11.5 Å². The number of halogens is 1. The number of phenolic OH excluding ortho intramolecular Hbond substituents is 1. The van der Waals surface area contributed by atoms with E-state index in [2.05, 4.69) is 29.4 Å². The Kier molecular flexibility index (Phi) is 4.98. The quantitative estimate of drug-likeness (QED) is 0.853. The van der Waals surface area contributed by atoms with Gasteiger partial charge in [0, 0.05) is 0 Å². The summed E-state index contributed by atoms with van der Waals surface area (Å²) in [6, 6.07) is 4.66. The molecule has 1 heterocycles. The molecule has 2 aromatic rings. The van der Waals surface area contributed by atoms with Crippen LogP contribution >= 0.6 is 11.6 Å². The van der Waals surface area contributed by atoms with Gasteiger partial charge in [-0.1, -0.05) is 25.4 Å². The van der Waals surface area contributed by atoms with Crippen LogP contribution in [0, 0.1) is 0 Å². The predicted octanol–water partition coefficient (Wildman–Crippen LogP) is 3.55. The van der Waals surface area contributed by atoms with E-state index in [0.717, 1.165) is 19.4 Å². The van der Waals surface area contributed by atoms with Gasteiger partial charge in [0.2, 0.25) is 11.8 Å². The van der Waals surface area contributed by atoms with Crippen LogP contribution < -0.4 is 5.32 Å². The van der Waals surface area contributed by atoms with E-state index >= 15 is 0 Å². The Morgan fingerprint density at radius 1 is 1.35 bits per heavy atom. The largest absolute Gasteiger partial charge is 0.508 e. The highest BCUT2D eigenvalue weighted by atomic mass is 35.5. The van der Waals surface area contributed by atoms with E-state index in [4.69, 9.17) is 16.0 Å². The highest BCUT2D eigenvalue weighted by Gasteiger charge is 2.18. The van der Waals surface area contributed by atoms with Crippen LogP contribution in [0.1, 0.15) is 38.6 Å². The minimum Gasteiger partial charge on any atom is -0.508 e. The van der Waals surface area contributed by atoms with Gasteiger partial charge in [-0.05, 0) is 37.6 Å². The first-order valence-electron chi connectivity index (χ1n) is 6.71. The van der Waals surface area contributed by atoms with E-state index in [1.165, 1.54) is 12.1 Å². The van der Waals surface area contributed by atoms with E-state index in [1.54, 1.807) is 6.07 Å². The van der Waals surface area contributed by atoms with Crippen molar-refractivity contribution in [3.8, 4) is 17.2 Å². The molecule has 1 aromatic heterocycles. The lowest BCUT2D eigenvalue weighted by molar-refractivity contribution is 0.396. The van der Waals surface area contributed by atoms with Crippen molar-refractivity contribution in [1.29, 1.82) is 0 Å². The molecule has 0 fully saturated rings. The van der Waals surface area contributed by atoms with Gasteiger partial charge in [0.25, 0.3) is 0 Å². The van der Waals surface area contributed by atoms with Crippen molar-refractivity contribution in [2.45, 2.75) is 32.7 Å². The summed E-state index contributed by atoms with van der Waals surface area (Å²) in [7, 11) is 0. The summed E-state index contributed by atoms with van der Waals surface area (Å²) in [5.41, 5.74) is 0.538. The number of hydrogen-bond donors (Lipinski definition) is 2. The van der Waals surface area contributed by atoms with Crippen molar-refractivity contribution < 1.29 is 9.52 Å². The summed E-state index contributed by atoms with van der Waals surface area (Å²) in [4.78, 5) is 0. The van der Waals surface area contributed by atoms with Crippen LogP contribution in [0.4, 0.5) is 0 Å². The van der Waals surface area contributed by atoms with Gasteiger partial charge >= 0.3 is 0 Å². The van der Waals surface area contributed by atoms with Crippen LogP contribution in [0.15, 0.2) is 22.6 Å². The summed E-state index contributed by atoms with van der Waals surface area (Å²) in [6.07, 6.45) is 1.89. The second-order valence-electron chi connectivity index (χ2n) is 4.52. The van der Waals surface area contributed by atoms with E-state index in [9.17, 15) is 5.11 Å². The molecule has 0 saturated heterocycles. The molecular weight excluding hydrogens is 278 g/mol. The van der Waals surface area contributed by atoms with Gasteiger partial charge in [-0.3, -0.25) is 0 Å². The van der Waals surface area contributed by atoms with Gasteiger partial charge < -0.3 is 14.8 Å². The lowest BCUT2D eigenvalue weighted by atomic mass is 10.2. The smallest absolute Gasteiger partial charge is 0.249 e. The predicted molar refractivity (Wildman–Crippen MR) is 77.7 cm³/mol. The van der Waals surface area contributed by atoms with Gasteiger partial charge in [-0.15, -0.1) is 10.2 Å². The Morgan fingerprint density at radius 2 is 2.15 bits per heavy atom. The van der Waals surface area contributed by atoms with E-state index in [1.807, 2.05) is 0 Å². The minimum atomic E-state index is 0.0345. The highest BCUT2D eigenvalue weighted by molar-refractivity contribution is 6.33. The molecule has 0 amide bonds. The fraction of sp³-hybridized carbons (Fsp3) is 0.429. The zero-order valence-corrected chi connectivity index (χ0v) is 12.3. The van der Waals surface area contributed by atoms with E-state index < -0.39 is 0 Å². The topological polar surface area (TPSA) is 71.2 Å². The molecule has 0 aliphatic heterocycles. The van der Waals surface area contributed by atoms with Crippen LogP contribution in [0.5, 0.6) is 5.75 Å². The third-order valence-corrected chi connectivity index (χ3v) is 3.30. The number of nitrogens with zero attached hydrogens (tertiary/aromatic N) is 2. The van der Waals surface area contributed by atoms with Gasteiger partial charge in [-0.25, -0.2) is 0 Å². The third-order valence-electron chi connectivity index (χ3n) is 2.97. The molecule has 108 valence electrons. The molecule has 0 radical (unpaired) electrons. The number of benzene rings is 1. The first kappa shape index (κ1) is 14.8. The molecule has 20 heavy (non-hydrogen) atoms. The molecule has 0 spiro atoms. The zero-order valence-electron chi connectivity index (χ0n) is 11.6. The van der Waals surface area contributed by atoms with Gasteiger partial charge in [0.1, 0.15) is 5.75 Å². The Balaban J connectivity index is 2.25. The fourth-order valence-corrected chi connectivity index (χ4v) is 2.08. The summed E-state index contributed by atoms with van der Waals surface area (Å²) in [5, 5.41) is 21.4. The van der Waals surface area contributed by atoms with E-state index in [-0.39, 0.29) is 11.8 Å². The average Bonchev–Trinajstić information content (AvgIpc) is 2.92. The summed E-state index contributed by atoms with van der Waals surface area (Å²) < 4.78 is 5.68. The maximum absolute atomic E-state index is 9.52. The molecule has 0 aliphatic rings. The SMILES string of the molecule is CCCNC(CC)c1nnc(-c2cc(O)ccc2Cl)o1. The Hall–Kier alpha value is -1.59. The third kappa shape index (κ3) is 3.29. The van der Waals surface area contributed by atoms with E-state index in [0.29, 0.717) is 22.4 Å². The molecule has 1 unspecified atom stereocenters. The van der Waals surface area contributed by atoms with Gasteiger partial charge in [0.15, 0.2) is 0 Å². The van der Waals surface area contributed by atoms with Crippen molar-refractivity contribution in [3.05, 3.63) is 29.1 Å². The summed E-state index contributed by atoms with van der Waals surface area (Å²) >= 11 is 6.08. The van der Waals surface area contributed by atoms with Crippen LogP contribution in [0.2, 0.25) is 5.02 Å². The number of nitrogens with one attached hydrogen (secondary N) is 1. The standard InChI is InChI=1S/C14H18ClN3O2/c1-3-7-16-12(4-2)14-18-17-13(20-14)10-8-9(19)5-6-11(10)15/h5-6,8,12,16,19H,3-4,7H2,1-2H3. The van der Waals surface area contributed by atoms with Crippen LogP contribution in [-0.4, -0.2) is 21.8 Å². The lowest BCUT2D eigenvalue weighted by Crippen LogP contribution is -2.21. The second kappa shape index (κ2) is 6.72. The Bertz CT molecular complexity index is 571. The molecule has 0 aliphatic carbocycles.